The maximum Gasteiger partial charge on any atom is 0.186 e. The normalized spacial score (nSPS) is 46.5. The van der Waals surface area contributed by atoms with Crippen LogP contribution in [-0.2, 0) is 14.3 Å². The highest BCUT2D eigenvalue weighted by atomic mass is 16.7. The van der Waals surface area contributed by atoms with Gasteiger partial charge in [-0.25, -0.2) is 0 Å². The summed E-state index contributed by atoms with van der Waals surface area (Å²) in [6.45, 7) is 11.6. The van der Waals surface area contributed by atoms with Crippen molar-refractivity contribution in [3.63, 3.8) is 0 Å². The summed E-state index contributed by atoms with van der Waals surface area (Å²) in [6.07, 6.45) is 3.02. The molecular formula is C25H40O7. The largest absolute Gasteiger partial charge is 0.388 e. The number of aliphatic hydroxyl groups is 4. The molecule has 1 heterocycles. The predicted molar refractivity (Wildman–Crippen MR) is 120 cm³/mol. The van der Waals surface area contributed by atoms with E-state index in [4.69, 9.17) is 9.47 Å². The first-order chi connectivity index (χ1) is 14.9. The lowest BCUT2D eigenvalue weighted by Crippen LogP contribution is -2.59. The Morgan fingerprint density at radius 2 is 1.97 bits per heavy atom. The van der Waals surface area contributed by atoms with E-state index in [2.05, 4.69) is 20.4 Å². The fourth-order valence-electron chi connectivity index (χ4n) is 6.45. The van der Waals surface area contributed by atoms with Gasteiger partial charge in [-0.3, -0.25) is 0 Å². The van der Waals surface area contributed by atoms with Crippen molar-refractivity contribution in [2.75, 3.05) is 6.61 Å². The van der Waals surface area contributed by atoms with E-state index in [1.807, 2.05) is 13.0 Å². The summed E-state index contributed by atoms with van der Waals surface area (Å²) in [6, 6.07) is 0. The highest BCUT2D eigenvalue weighted by Gasteiger charge is 2.58. The summed E-state index contributed by atoms with van der Waals surface area (Å²) in [5.74, 6) is -0.00798. The summed E-state index contributed by atoms with van der Waals surface area (Å²) in [7, 11) is 0. The average molecular weight is 453 g/mol. The topological polar surface area (TPSA) is 116 Å². The maximum atomic E-state index is 12.3. The average Bonchev–Trinajstić information content (AvgIpc) is 2.73. The molecule has 1 saturated carbocycles. The van der Waals surface area contributed by atoms with Crippen LogP contribution in [0.5, 0.6) is 0 Å². The van der Waals surface area contributed by atoms with Crippen LogP contribution < -0.4 is 0 Å². The smallest absolute Gasteiger partial charge is 0.186 e. The highest BCUT2D eigenvalue weighted by molar-refractivity contribution is 5.60. The molecule has 2 fully saturated rings. The number of aldehydes is 1. The van der Waals surface area contributed by atoms with Crippen molar-refractivity contribution in [3.8, 4) is 0 Å². The molecule has 3 rings (SSSR count). The van der Waals surface area contributed by atoms with Crippen molar-refractivity contribution in [1.82, 2.24) is 0 Å². The standard InChI is InChI=1S/C25H40O7/c1-6-24(4,30)11-8-16-15(2)12-18(32-22-20(29)19(28)17(27)13-31-22)21-23(3,14-26)9-7-10-25(16,21)5/h6,12,14,16-22,27-30H,1,7-11,13H2,2-5H3/t16-,17-,18-,19-,20+,21-,22-,23-,24-,25+/m0/s1. The Hall–Kier alpha value is -1.09. The van der Waals surface area contributed by atoms with E-state index in [0.29, 0.717) is 6.42 Å². The summed E-state index contributed by atoms with van der Waals surface area (Å²) in [5, 5.41) is 40.8. The van der Waals surface area contributed by atoms with Crippen molar-refractivity contribution in [2.45, 2.75) is 96.1 Å². The highest BCUT2D eigenvalue weighted by Crippen LogP contribution is 2.61. The van der Waals surface area contributed by atoms with Crippen LogP contribution in [0, 0.1) is 22.7 Å². The van der Waals surface area contributed by atoms with E-state index in [9.17, 15) is 25.2 Å². The first-order valence-corrected chi connectivity index (χ1v) is 11.7. The van der Waals surface area contributed by atoms with Crippen LogP contribution in [0.1, 0.15) is 59.8 Å². The number of hydrogen-bond acceptors (Lipinski definition) is 7. The molecule has 0 bridgehead atoms. The van der Waals surface area contributed by atoms with Crippen LogP contribution in [0.2, 0.25) is 0 Å². The number of carbonyl (C=O) groups is 1. The molecule has 0 aromatic carbocycles. The van der Waals surface area contributed by atoms with Crippen LogP contribution in [-0.4, -0.2) is 69.6 Å². The Kier molecular flexibility index (Phi) is 7.40. The van der Waals surface area contributed by atoms with E-state index in [0.717, 1.165) is 37.5 Å². The van der Waals surface area contributed by atoms with Crippen molar-refractivity contribution in [2.24, 2.45) is 22.7 Å². The molecule has 0 amide bonds. The Balaban J connectivity index is 1.95. The molecule has 7 heteroatoms. The number of allylic oxidation sites excluding steroid dienone is 1. The van der Waals surface area contributed by atoms with Crippen molar-refractivity contribution >= 4 is 6.29 Å². The second kappa shape index (κ2) is 9.28. The molecular weight excluding hydrogens is 412 g/mol. The number of carbonyl (C=O) groups excluding carboxylic acids is 1. The van der Waals surface area contributed by atoms with Crippen molar-refractivity contribution < 1.29 is 34.7 Å². The Labute approximate surface area is 191 Å². The monoisotopic (exact) mass is 452 g/mol. The van der Waals surface area contributed by atoms with Gasteiger partial charge in [0.1, 0.15) is 24.6 Å². The lowest BCUT2D eigenvalue weighted by Gasteiger charge is -2.59. The summed E-state index contributed by atoms with van der Waals surface area (Å²) < 4.78 is 11.8. The SMILES string of the molecule is C=C[C@](C)(O)CC[C@H]1C(C)=C[C@H](O[C@@H]2OC[C@H](O)[C@H](O)[C@H]2O)[C@@H]2[C@]1(C)CCC[C@@]2(C)C=O. The van der Waals surface area contributed by atoms with Gasteiger partial charge in [0.2, 0.25) is 0 Å². The van der Waals surface area contributed by atoms with Crippen molar-refractivity contribution in [3.05, 3.63) is 24.3 Å². The van der Waals surface area contributed by atoms with E-state index >= 15 is 0 Å². The molecule has 182 valence electrons. The van der Waals surface area contributed by atoms with Gasteiger partial charge in [0.25, 0.3) is 0 Å². The first kappa shape index (κ1) is 25.5. The van der Waals surface area contributed by atoms with E-state index in [-0.39, 0.29) is 23.9 Å². The summed E-state index contributed by atoms with van der Waals surface area (Å²) >= 11 is 0. The number of ether oxygens (including phenoxy) is 2. The maximum absolute atomic E-state index is 12.3. The van der Waals surface area contributed by atoms with Gasteiger partial charge in [-0.15, -0.1) is 6.58 Å². The van der Waals surface area contributed by atoms with Gasteiger partial charge in [-0.2, -0.15) is 0 Å². The number of hydrogen-bond donors (Lipinski definition) is 4. The molecule has 0 radical (unpaired) electrons. The number of fused-ring (bicyclic) bond motifs is 1. The van der Waals surface area contributed by atoms with E-state index in [1.54, 1.807) is 13.0 Å². The van der Waals surface area contributed by atoms with Gasteiger partial charge >= 0.3 is 0 Å². The summed E-state index contributed by atoms with van der Waals surface area (Å²) in [5.41, 5.74) is -0.716. The molecule has 1 saturated heterocycles. The third-order valence-corrected chi connectivity index (χ3v) is 8.35. The van der Waals surface area contributed by atoms with Crippen LogP contribution in [0.3, 0.4) is 0 Å². The lowest BCUT2D eigenvalue weighted by molar-refractivity contribution is -0.291. The molecule has 3 aliphatic rings. The first-order valence-electron chi connectivity index (χ1n) is 11.7. The molecule has 10 atom stereocenters. The zero-order valence-corrected chi connectivity index (χ0v) is 19.7. The molecule has 0 aromatic rings. The molecule has 0 spiro atoms. The van der Waals surface area contributed by atoms with Gasteiger partial charge in [-0.1, -0.05) is 38.0 Å². The number of aliphatic hydroxyl groups excluding tert-OH is 3. The van der Waals surface area contributed by atoms with E-state index in [1.165, 1.54) is 0 Å². The lowest BCUT2D eigenvalue weighted by atomic mass is 9.47. The van der Waals surface area contributed by atoms with E-state index < -0.39 is 41.7 Å². The van der Waals surface area contributed by atoms with Crippen LogP contribution in [0.4, 0.5) is 0 Å². The fourth-order valence-corrected chi connectivity index (χ4v) is 6.45. The molecule has 0 unspecified atom stereocenters. The van der Waals surface area contributed by atoms with Gasteiger partial charge in [0.05, 0.1) is 18.3 Å². The minimum absolute atomic E-state index is 0.134. The quantitative estimate of drug-likeness (QED) is 0.345. The molecule has 0 aromatic heterocycles. The van der Waals surface area contributed by atoms with Crippen LogP contribution in [0.15, 0.2) is 24.3 Å². The molecule has 1 aliphatic heterocycles. The third-order valence-electron chi connectivity index (χ3n) is 8.35. The van der Waals surface area contributed by atoms with Gasteiger partial charge in [-0.05, 0) is 50.9 Å². The van der Waals surface area contributed by atoms with Crippen LogP contribution >= 0.6 is 0 Å². The predicted octanol–water partition coefficient (Wildman–Crippen LogP) is 2.12. The van der Waals surface area contributed by atoms with Gasteiger partial charge in [0.15, 0.2) is 6.29 Å². The molecule has 32 heavy (non-hydrogen) atoms. The second-order valence-corrected chi connectivity index (χ2v) is 10.9. The third kappa shape index (κ3) is 4.61. The van der Waals surface area contributed by atoms with Crippen LogP contribution in [0.25, 0.3) is 0 Å². The zero-order chi connectivity index (χ0) is 23.9. The Bertz CT molecular complexity index is 734. The number of rotatable bonds is 7. The molecule has 7 nitrogen and oxygen atoms in total. The van der Waals surface area contributed by atoms with Crippen molar-refractivity contribution in [1.29, 1.82) is 0 Å². The van der Waals surface area contributed by atoms with Gasteiger partial charge in [0, 0.05) is 11.3 Å². The van der Waals surface area contributed by atoms with Gasteiger partial charge < -0.3 is 34.7 Å². The minimum atomic E-state index is -1.38. The summed E-state index contributed by atoms with van der Waals surface area (Å²) in [4.78, 5) is 12.3. The molecule has 4 N–H and O–H groups in total. The zero-order valence-electron chi connectivity index (χ0n) is 19.7. The Morgan fingerprint density at radius 1 is 1.28 bits per heavy atom. The minimum Gasteiger partial charge on any atom is -0.388 e. The molecule has 2 aliphatic carbocycles. The second-order valence-electron chi connectivity index (χ2n) is 10.9. The Morgan fingerprint density at radius 3 is 2.59 bits per heavy atom. The fraction of sp³-hybridized carbons (Fsp3) is 0.800.